The average Bonchev–Trinajstić information content (AvgIpc) is 3.30. The van der Waals surface area contributed by atoms with Crippen molar-refractivity contribution < 1.29 is 26.1 Å². The second-order valence-corrected chi connectivity index (χ2v) is 11.2. The topological polar surface area (TPSA) is 105 Å². The van der Waals surface area contributed by atoms with E-state index >= 15 is 0 Å². The van der Waals surface area contributed by atoms with Gasteiger partial charge in [-0.15, -0.1) is 0 Å². The van der Waals surface area contributed by atoms with Crippen molar-refractivity contribution in [1.82, 2.24) is 4.98 Å². The maximum Gasteiger partial charge on any atom is 0.298 e. The van der Waals surface area contributed by atoms with Crippen LogP contribution in [0.2, 0.25) is 0 Å². The molecule has 186 valence electrons. The second-order valence-electron chi connectivity index (χ2n) is 9.67. The maximum atomic E-state index is 13.6. The standard InChI is InChI=1S/C26H29FN2O5S/c1-17-2-5-21(6-3-17)35(30,31)34-24(28)19(15-27)16-32-20-4-7-22-23(14-20)33-25(29-22)26-11-8-18(9-12-26)10-13-26/h2-7,14-15,18,24H,8-13,16,28H2,1H3/b19-15+. The van der Waals surface area contributed by atoms with E-state index in [4.69, 9.17) is 24.1 Å². The van der Waals surface area contributed by atoms with Crippen LogP contribution in [-0.4, -0.2) is 26.2 Å². The summed E-state index contributed by atoms with van der Waals surface area (Å²) in [7, 11) is -4.17. The summed E-state index contributed by atoms with van der Waals surface area (Å²) < 4.78 is 55.4. The first kappa shape index (κ1) is 24.0. The predicted octanol–water partition coefficient (Wildman–Crippen LogP) is 5.28. The zero-order valence-electron chi connectivity index (χ0n) is 19.6. The Bertz CT molecular complexity index is 1330. The van der Waals surface area contributed by atoms with Crippen LogP contribution < -0.4 is 10.5 Å². The van der Waals surface area contributed by atoms with Crippen LogP contribution in [0.3, 0.4) is 0 Å². The lowest BCUT2D eigenvalue weighted by Gasteiger charge is -2.44. The summed E-state index contributed by atoms with van der Waals surface area (Å²) in [5, 5.41) is 0. The highest BCUT2D eigenvalue weighted by Crippen LogP contribution is 2.51. The molecule has 35 heavy (non-hydrogen) atoms. The summed E-state index contributed by atoms with van der Waals surface area (Å²) in [6.45, 7) is 1.54. The number of nitrogens with zero attached hydrogens (tertiary/aromatic N) is 1. The lowest BCUT2D eigenvalue weighted by molar-refractivity contribution is 0.112. The first-order valence-electron chi connectivity index (χ1n) is 11.9. The largest absolute Gasteiger partial charge is 0.489 e. The number of benzene rings is 2. The van der Waals surface area contributed by atoms with Crippen molar-refractivity contribution in [2.75, 3.05) is 6.61 Å². The molecule has 1 unspecified atom stereocenters. The molecule has 3 saturated carbocycles. The number of ether oxygens (including phenoxy) is 1. The zero-order valence-corrected chi connectivity index (χ0v) is 20.4. The minimum absolute atomic E-state index is 0.0337. The van der Waals surface area contributed by atoms with Crippen molar-refractivity contribution in [1.29, 1.82) is 0 Å². The minimum Gasteiger partial charge on any atom is -0.489 e. The Morgan fingerprint density at radius 3 is 2.54 bits per heavy atom. The van der Waals surface area contributed by atoms with E-state index in [1.807, 2.05) is 6.92 Å². The maximum absolute atomic E-state index is 13.6. The molecule has 3 aliphatic carbocycles. The average molecular weight is 501 g/mol. The van der Waals surface area contributed by atoms with Gasteiger partial charge >= 0.3 is 0 Å². The smallest absolute Gasteiger partial charge is 0.298 e. The van der Waals surface area contributed by atoms with E-state index in [1.54, 1.807) is 30.3 Å². The van der Waals surface area contributed by atoms with E-state index < -0.39 is 16.3 Å². The van der Waals surface area contributed by atoms with Crippen LogP contribution in [0.25, 0.3) is 11.1 Å². The van der Waals surface area contributed by atoms with E-state index in [1.165, 1.54) is 31.4 Å². The molecule has 3 aliphatic rings. The number of hydrogen-bond donors (Lipinski definition) is 1. The van der Waals surface area contributed by atoms with Crippen LogP contribution in [-0.2, 0) is 19.7 Å². The summed E-state index contributed by atoms with van der Waals surface area (Å²) in [5.74, 6) is 2.07. The van der Waals surface area contributed by atoms with E-state index in [0.29, 0.717) is 11.3 Å². The van der Waals surface area contributed by atoms with Gasteiger partial charge < -0.3 is 14.9 Å². The molecule has 0 radical (unpaired) electrons. The Labute approximate surface area is 204 Å². The van der Waals surface area contributed by atoms with Crippen molar-refractivity contribution in [3.8, 4) is 5.75 Å². The molecule has 1 atom stereocenters. The molecule has 3 aromatic rings. The molecule has 2 aromatic carbocycles. The molecule has 1 heterocycles. The number of hydrogen-bond acceptors (Lipinski definition) is 7. The van der Waals surface area contributed by atoms with Crippen molar-refractivity contribution in [3.63, 3.8) is 0 Å². The molecule has 1 aromatic heterocycles. The number of halogens is 1. The van der Waals surface area contributed by atoms with Crippen LogP contribution in [0.5, 0.6) is 5.75 Å². The van der Waals surface area contributed by atoms with Gasteiger partial charge in [0.05, 0.1) is 11.2 Å². The zero-order chi connectivity index (χ0) is 24.6. The van der Waals surface area contributed by atoms with Gasteiger partial charge in [-0.1, -0.05) is 17.7 Å². The SMILES string of the molecule is Cc1ccc(S(=O)(=O)OC(N)/C(=C/F)COc2ccc3nc(C45CCC(CC4)CC5)oc3c2)cc1. The highest BCUT2D eigenvalue weighted by molar-refractivity contribution is 7.86. The molecule has 6 rings (SSSR count). The third-order valence-electron chi connectivity index (χ3n) is 7.36. The van der Waals surface area contributed by atoms with E-state index in [2.05, 4.69) is 0 Å². The van der Waals surface area contributed by atoms with Gasteiger partial charge in [-0.2, -0.15) is 8.42 Å². The second kappa shape index (κ2) is 9.37. The lowest BCUT2D eigenvalue weighted by Crippen LogP contribution is -2.37. The minimum atomic E-state index is -4.17. The summed E-state index contributed by atoms with van der Waals surface area (Å²) >= 11 is 0. The number of aromatic nitrogens is 1. The van der Waals surface area contributed by atoms with Gasteiger partial charge in [0, 0.05) is 17.1 Å². The van der Waals surface area contributed by atoms with Gasteiger partial charge in [0.2, 0.25) is 5.89 Å². The first-order valence-corrected chi connectivity index (χ1v) is 13.3. The van der Waals surface area contributed by atoms with Crippen LogP contribution in [0, 0.1) is 12.8 Å². The number of aryl methyl sites for hydroxylation is 1. The van der Waals surface area contributed by atoms with Gasteiger partial charge in [-0.25, -0.2) is 13.6 Å². The van der Waals surface area contributed by atoms with Crippen LogP contribution in [0.4, 0.5) is 4.39 Å². The molecule has 0 spiro atoms. The quantitative estimate of drug-likeness (QED) is 0.331. The number of oxazole rings is 1. The summed E-state index contributed by atoms with van der Waals surface area (Å²) in [4.78, 5) is 4.70. The Hall–Kier alpha value is -2.75. The molecule has 0 saturated heterocycles. The third kappa shape index (κ3) is 4.85. The van der Waals surface area contributed by atoms with Crippen molar-refractivity contribution in [2.24, 2.45) is 11.7 Å². The molecule has 9 heteroatoms. The fraction of sp³-hybridized carbons (Fsp3) is 0.423. The van der Waals surface area contributed by atoms with Gasteiger partial charge in [0.15, 0.2) is 11.8 Å². The molecule has 2 bridgehead atoms. The Morgan fingerprint density at radius 1 is 1.20 bits per heavy atom. The molecule has 2 N–H and O–H groups in total. The third-order valence-corrected chi connectivity index (χ3v) is 8.67. The molecular weight excluding hydrogens is 471 g/mol. The van der Waals surface area contributed by atoms with E-state index in [9.17, 15) is 12.8 Å². The number of nitrogens with two attached hydrogens (primary N) is 1. The highest BCUT2D eigenvalue weighted by atomic mass is 32.2. The van der Waals surface area contributed by atoms with Crippen molar-refractivity contribution in [2.45, 2.75) is 62.0 Å². The fourth-order valence-electron chi connectivity index (χ4n) is 5.09. The normalized spacial score (nSPS) is 23.5. The predicted molar refractivity (Wildman–Crippen MR) is 129 cm³/mol. The molecule has 0 amide bonds. The van der Waals surface area contributed by atoms with Crippen molar-refractivity contribution in [3.05, 3.63) is 65.8 Å². The van der Waals surface area contributed by atoms with Gasteiger partial charge in [0.25, 0.3) is 10.1 Å². The Balaban J connectivity index is 1.26. The van der Waals surface area contributed by atoms with Crippen LogP contribution in [0.15, 0.2) is 63.7 Å². The summed E-state index contributed by atoms with van der Waals surface area (Å²) in [6, 6.07) is 11.3. The van der Waals surface area contributed by atoms with Crippen LogP contribution >= 0.6 is 0 Å². The van der Waals surface area contributed by atoms with Crippen molar-refractivity contribution >= 4 is 21.2 Å². The Kier molecular flexibility index (Phi) is 6.41. The first-order chi connectivity index (χ1) is 16.8. The summed E-state index contributed by atoms with van der Waals surface area (Å²) in [6.07, 6.45) is 5.70. The molecule has 3 fully saturated rings. The molecule has 7 nitrogen and oxygen atoms in total. The monoisotopic (exact) mass is 500 g/mol. The van der Waals surface area contributed by atoms with E-state index in [0.717, 1.165) is 42.2 Å². The molecular formula is C26H29FN2O5S. The van der Waals surface area contributed by atoms with Gasteiger partial charge in [-0.3, -0.25) is 0 Å². The van der Waals surface area contributed by atoms with E-state index in [-0.39, 0.29) is 28.8 Å². The fourth-order valence-corrected chi connectivity index (χ4v) is 6.07. The highest BCUT2D eigenvalue weighted by Gasteiger charge is 2.45. The van der Waals surface area contributed by atoms with Gasteiger partial charge in [0.1, 0.15) is 17.9 Å². The molecule has 0 aliphatic heterocycles. The number of fused-ring (bicyclic) bond motifs is 4. The van der Waals surface area contributed by atoms with Crippen LogP contribution in [0.1, 0.15) is 50.0 Å². The summed E-state index contributed by atoms with van der Waals surface area (Å²) in [5.41, 5.74) is 7.97. The lowest BCUT2D eigenvalue weighted by atomic mass is 9.60. The Morgan fingerprint density at radius 2 is 1.89 bits per heavy atom. The number of rotatable bonds is 8. The van der Waals surface area contributed by atoms with Gasteiger partial charge in [-0.05, 0) is 75.6 Å².